The van der Waals surface area contributed by atoms with Crippen molar-refractivity contribution in [2.45, 2.75) is 39.2 Å². The summed E-state index contributed by atoms with van der Waals surface area (Å²) in [5.74, 6) is -0.313. The number of carbonyl (C=O) groups is 2. The third kappa shape index (κ3) is 3.94. The summed E-state index contributed by atoms with van der Waals surface area (Å²) in [5, 5.41) is 5.48. The lowest BCUT2D eigenvalue weighted by molar-refractivity contribution is -0.119. The minimum atomic E-state index is -0.716. The molecule has 20 heavy (non-hydrogen) atoms. The standard InChI is InChI=1S/C14H22N4O2/c1-8(12(15)19)17-13(20)9-6-10(14(2,3)4)18-11(7-9)16-5/h6-8H,1-5H3,(H2,15,19)(H,16,18)(H,17,20). The van der Waals surface area contributed by atoms with Gasteiger partial charge < -0.3 is 16.4 Å². The fraction of sp³-hybridized carbons (Fsp3) is 0.500. The second-order valence-electron chi connectivity index (χ2n) is 5.72. The third-order valence-corrected chi connectivity index (χ3v) is 2.89. The SMILES string of the molecule is CNc1cc(C(=O)NC(C)C(N)=O)cc(C(C)(C)C)n1. The molecule has 0 fully saturated rings. The second-order valence-corrected chi connectivity index (χ2v) is 5.72. The highest BCUT2D eigenvalue weighted by atomic mass is 16.2. The fourth-order valence-corrected chi connectivity index (χ4v) is 1.53. The van der Waals surface area contributed by atoms with E-state index in [2.05, 4.69) is 15.6 Å². The van der Waals surface area contributed by atoms with Crippen LogP contribution in [0.5, 0.6) is 0 Å². The molecule has 110 valence electrons. The van der Waals surface area contributed by atoms with Gasteiger partial charge in [-0.3, -0.25) is 9.59 Å². The largest absolute Gasteiger partial charge is 0.373 e. The Morgan fingerprint density at radius 2 is 1.90 bits per heavy atom. The molecule has 1 atom stereocenters. The molecule has 1 unspecified atom stereocenters. The van der Waals surface area contributed by atoms with Gasteiger partial charge in [-0.2, -0.15) is 0 Å². The highest BCUT2D eigenvalue weighted by Gasteiger charge is 2.20. The van der Waals surface area contributed by atoms with Crippen LogP contribution in [0.15, 0.2) is 12.1 Å². The summed E-state index contributed by atoms with van der Waals surface area (Å²) in [4.78, 5) is 27.6. The molecule has 6 heteroatoms. The number of anilines is 1. The van der Waals surface area contributed by atoms with Crippen molar-refractivity contribution in [3.05, 3.63) is 23.4 Å². The summed E-state index contributed by atoms with van der Waals surface area (Å²) in [7, 11) is 1.74. The Balaban J connectivity index is 3.11. The van der Waals surface area contributed by atoms with Crippen molar-refractivity contribution in [1.82, 2.24) is 10.3 Å². The molecular weight excluding hydrogens is 256 g/mol. The van der Waals surface area contributed by atoms with E-state index in [1.54, 1.807) is 26.1 Å². The van der Waals surface area contributed by atoms with Gasteiger partial charge in [0.05, 0.1) is 0 Å². The average Bonchev–Trinajstić information content (AvgIpc) is 2.36. The molecule has 4 N–H and O–H groups in total. The lowest BCUT2D eigenvalue weighted by atomic mass is 9.90. The highest BCUT2D eigenvalue weighted by Crippen LogP contribution is 2.23. The topological polar surface area (TPSA) is 97.1 Å². The average molecular weight is 278 g/mol. The molecule has 1 aromatic heterocycles. The number of amides is 2. The Labute approximate surface area is 119 Å². The number of nitrogens with two attached hydrogens (primary N) is 1. The number of primary amides is 1. The van der Waals surface area contributed by atoms with Crippen molar-refractivity contribution in [3.8, 4) is 0 Å². The van der Waals surface area contributed by atoms with Gasteiger partial charge in [-0.1, -0.05) is 20.8 Å². The summed E-state index contributed by atoms with van der Waals surface area (Å²) in [6.45, 7) is 7.60. The van der Waals surface area contributed by atoms with Gasteiger partial charge in [0.1, 0.15) is 11.9 Å². The molecule has 6 nitrogen and oxygen atoms in total. The number of carbonyl (C=O) groups excluding carboxylic acids is 2. The first-order valence-corrected chi connectivity index (χ1v) is 6.45. The molecule has 0 aliphatic heterocycles. The minimum Gasteiger partial charge on any atom is -0.373 e. The van der Waals surface area contributed by atoms with Crippen LogP contribution >= 0.6 is 0 Å². The Morgan fingerprint density at radius 1 is 1.30 bits per heavy atom. The first kappa shape index (κ1) is 15.9. The number of nitrogens with zero attached hydrogens (tertiary/aromatic N) is 1. The summed E-state index contributed by atoms with van der Waals surface area (Å²) in [6.07, 6.45) is 0. The van der Waals surface area contributed by atoms with Crippen LogP contribution in [0.4, 0.5) is 5.82 Å². The van der Waals surface area contributed by atoms with Crippen molar-refractivity contribution in [2.75, 3.05) is 12.4 Å². The van der Waals surface area contributed by atoms with Crippen molar-refractivity contribution < 1.29 is 9.59 Å². The number of hydrogen-bond donors (Lipinski definition) is 3. The molecular formula is C14H22N4O2. The second kappa shape index (κ2) is 5.90. The summed E-state index contributed by atoms with van der Waals surface area (Å²) >= 11 is 0. The van der Waals surface area contributed by atoms with E-state index in [4.69, 9.17) is 5.73 Å². The first-order chi connectivity index (χ1) is 9.15. The van der Waals surface area contributed by atoms with Crippen molar-refractivity contribution >= 4 is 17.6 Å². The van der Waals surface area contributed by atoms with Gasteiger partial charge >= 0.3 is 0 Å². The van der Waals surface area contributed by atoms with E-state index < -0.39 is 11.9 Å². The van der Waals surface area contributed by atoms with Crippen LogP contribution in [0.3, 0.4) is 0 Å². The molecule has 1 heterocycles. The zero-order valence-electron chi connectivity index (χ0n) is 12.6. The highest BCUT2D eigenvalue weighted by molar-refractivity contribution is 5.97. The van der Waals surface area contributed by atoms with Crippen LogP contribution < -0.4 is 16.4 Å². The number of aromatic nitrogens is 1. The fourth-order valence-electron chi connectivity index (χ4n) is 1.53. The molecule has 0 bridgehead atoms. The molecule has 0 radical (unpaired) electrons. The molecule has 0 aliphatic carbocycles. The Kier molecular flexibility index (Phi) is 4.70. The lowest BCUT2D eigenvalue weighted by Crippen LogP contribution is -2.42. The van der Waals surface area contributed by atoms with Crippen molar-refractivity contribution in [1.29, 1.82) is 0 Å². The molecule has 0 spiro atoms. The lowest BCUT2D eigenvalue weighted by Gasteiger charge is -2.20. The van der Waals surface area contributed by atoms with E-state index in [-0.39, 0.29) is 11.3 Å². The minimum absolute atomic E-state index is 0.183. The van der Waals surface area contributed by atoms with Crippen molar-refractivity contribution in [2.24, 2.45) is 5.73 Å². The van der Waals surface area contributed by atoms with Gasteiger partial charge in [-0.25, -0.2) is 4.98 Å². The van der Waals surface area contributed by atoms with Gasteiger partial charge in [0.25, 0.3) is 5.91 Å². The monoisotopic (exact) mass is 278 g/mol. The normalized spacial score (nSPS) is 12.7. The molecule has 1 rings (SSSR count). The van der Waals surface area contributed by atoms with Crippen LogP contribution in [0.2, 0.25) is 0 Å². The first-order valence-electron chi connectivity index (χ1n) is 6.45. The maximum atomic E-state index is 12.1. The predicted molar refractivity (Wildman–Crippen MR) is 78.6 cm³/mol. The van der Waals surface area contributed by atoms with Gasteiger partial charge in [-0.15, -0.1) is 0 Å². The van der Waals surface area contributed by atoms with Crippen LogP contribution in [-0.2, 0) is 10.2 Å². The van der Waals surface area contributed by atoms with Gasteiger partial charge in [0, 0.05) is 23.7 Å². The van der Waals surface area contributed by atoms with Crippen molar-refractivity contribution in [3.63, 3.8) is 0 Å². The maximum Gasteiger partial charge on any atom is 0.252 e. The molecule has 0 saturated heterocycles. The van der Waals surface area contributed by atoms with Crippen LogP contribution in [0, 0.1) is 0 Å². The molecule has 0 aromatic carbocycles. The van der Waals surface area contributed by atoms with E-state index in [0.29, 0.717) is 11.4 Å². The van der Waals surface area contributed by atoms with E-state index in [9.17, 15) is 9.59 Å². The molecule has 0 aliphatic rings. The van der Waals surface area contributed by atoms with E-state index in [1.807, 2.05) is 20.8 Å². The Bertz CT molecular complexity index is 520. The number of pyridine rings is 1. The third-order valence-electron chi connectivity index (χ3n) is 2.89. The number of nitrogens with one attached hydrogen (secondary N) is 2. The zero-order chi connectivity index (χ0) is 15.5. The van der Waals surface area contributed by atoms with E-state index in [1.165, 1.54) is 0 Å². The quantitative estimate of drug-likeness (QED) is 0.766. The number of hydrogen-bond acceptors (Lipinski definition) is 4. The molecule has 0 saturated carbocycles. The smallest absolute Gasteiger partial charge is 0.252 e. The summed E-state index contributed by atoms with van der Waals surface area (Å²) in [6, 6.07) is 2.65. The summed E-state index contributed by atoms with van der Waals surface area (Å²) in [5.41, 5.74) is 6.20. The predicted octanol–water partition coefficient (Wildman–Crippen LogP) is 1.02. The van der Waals surface area contributed by atoms with E-state index in [0.717, 1.165) is 5.69 Å². The maximum absolute atomic E-state index is 12.1. The summed E-state index contributed by atoms with van der Waals surface area (Å²) < 4.78 is 0. The van der Waals surface area contributed by atoms with E-state index >= 15 is 0 Å². The van der Waals surface area contributed by atoms with Gasteiger partial charge in [0.2, 0.25) is 5.91 Å². The van der Waals surface area contributed by atoms with Crippen LogP contribution in [-0.4, -0.2) is 29.9 Å². The molecule has 2 amide bonds. The van der Waals surface area contributed by atoms with Gasteiger partial charge in [0.15, 0.2) is 0 Å². The van der Waals surface area contributed by atoms with Crippen LogP contribution in [0.25, 0.3) is 0 Å². The zero-order valence-corrected chi connectivity index (χ0v) is 12.6. The molecule has 1 aromatic rings. The Hall–Kier alpha value is -2.11. The van der Waals surface area contributed by atoms with Crippen LogP contribution in [0.1, 0.15) is 43.7 Å². The number of rotatable bonds is 4. The Morgan fingerprint density at radius 3 is 2.35 bits per heavy atom. The van der Waals surface area contributed by atoms with Gasteiger partial charge in [-0.05, 0) is 19.1 Å².